The average molecular weight is 101 g/mol. The summed E-state index contributed by atoms with van der Waals surface area (Å²) in [5.74, 6) is -2.30. The minimum absolute atomic E-state index is 0.715. The van der Waals surface area contributed by atoms with Crippen LogP contribution in [0.3, 0.4) is 0 Å². The predicted octanol–water partition coefficient (Wildman–Crippen LogP) is -2.14. The first-order valence-corrected chi connectivity index (χ1v) is 1.60. The lowest BCUT2D eigenvalue weighted by atomic mass is 9.90. The quantitative estimate of drug-likeness (QED) is 0.211. The molecule has 4 N–H and O–H groups in total. The van der Waals surface area contributed by atoms with Gasteiger partial charge in [-0.3, -0.25) is 5.73 Å². The Kier molecular flexibility index (Phi) is 1.95. The average Bonchev–Trinajstić information content (AvgIpc) is 1.30. The largest absolute Gasteiger partial charge is 0.368 e. The number of nitrogens with zero attached hydrogens (tertiary/aromatic N) is 1. The molecule has 0 aliphatic heterocycles. The van der Waals surface area contributed by atoms with E-state index in [4.69, 9.17) is 10.2 Å². The molecule has 0 amide bonds. The van der Waals surface area contributed by atoms with Crippen molar-refractivity contribution in [3.63, 3.8) is 0 Å². The Bertz CT molecular complexity index is 68.6. The molecular formula is C2H6BN2O2. The van der Waals surface area contributed by atoms with Crippen molar-refractivity contribution in [2.75, 3.05) is 0 Å². The lowest BCUT2D eigenvalue weighted by Crippen LogP contribution is -2.44. The zero-order valence-corrected chi connectivity index (χ0v) is 3.70. The van der Waals surface area contributed by atoms with Gasteiger partial charge in [0.2, 0.25) is 5.81 Å². The molecule has 7 heavy (non-hydrogen) atoms. The number of hydrogen-bond donors (Lipinski definition) is 3. The topological polar surface area (TPSA) is 78.8 Å². The fraction of sp³-hybridized carbons (Fsp3) is 0.500. The highest BCUT2D eigenvalue weighted by atomic mass is 16.5. The summed E-state index contributed by atoms with van der Waals surface area (Å²) in [4.78, 5) is 3.01. The summed E-state index contributed by atoms with van der Waals surface area (Å²) in [5, 5.41) is 16.3. The summed E-state index contributed by atoms with van der Waals surface area (Å²) >= 11 is 0. The molecule has 0 atom stereocenters. The maximum atomic E-state index is 8.16. The molecular weight excluding hydrogens is 94.8 g/mol. The zero-order valence-electron chi connectivity index (χ0n) is 3.70. The normalized spacial score (nSPS) is 10.7. The minimum atomic E-state index is -2.30. The summed E-state index contributed by atoms with van der Waals surface area (Å²) in [5.41, 5.74) is 4.57. The van der Waals surface area contributed by atoms with E-state index in [-0.39, 0.29) is 0 Å². The van der Waals surface area contributed by atoms with Crippen LogP contribution < -0.4 is 5.73 Å². The zero-order chi connectivity index (χ0) is 5.91. The van der Waals surface area contributed by atoms with Crippen LogP contribution in [0, 0.1) is 0 Å². The molecule has 0 heterocycles. The van der Waals surface area contributed by atoms with Gasteiger partial charge in [0.25, 0.3) is 0 Å². The minimum Gasteiger partial charge on any atom is -0.360 e. The molecule has 0 aromatic carbocycles. The molecule has 1 radical (unpaired) electrons. The van der Waals surface area contributed by atoms with Crippen molar-refractivity contribution in [2.45, 2.75) is 5.81 Å². The van der Waals surface area contributed by atoms with E-state index in [0.717, 1.165) is 0 Å². The highest BCUT2D eigenvalue weighted by molar-refractivity contribution is 6.37. The van der Waals surface area contributed by atoms with Crippen molar-refractivity contribution in [3.8, 4) is 0 Å². The Morgan fingerprint density at radius 2 is 2.14 bits per heavy atom. The molecule has 0 saturated carbocycles. The maximum absolute atomic E-state index is 8.16. The molecule has 0 aliphatic carbocycles. The van der Waals surface area contributed by atoms with Crippen molar-refractivity contribution >= 4 is 14.1 Å². The van der Waals surface area contributed by atoms with E-state index in [9.17, 15) is 0 Å². The van der Waals surface area contributed by atoms with E-state index >= 15 is 0 Å². The highest BCUT2D eigenvalue weighted by Gasteiger charge is 2.15. The van der Waals surface area contributed by atoms with Crippen LogP contribution in [0.2, 0.25) is 0 Å². The second-order valence-electron chi connectivity index (χ2n) is 1.09. The molecule has 0 rings (SSSR count). The van der Waals surface area contributed by atoms with Gasteiger partial charge in [0, 0.05) is 0 Å². The van der Waals surface area contributed by atoms with Gasteiger partial charge in [-0.15, -0.1) is 0 Å². The van der Waals surface area contributed by atoms with Crippen molar-refractivity contribution in [2.24, 2.45) is 10.6 Å². The molecule has 0 bridgehead atoms. The Hall–Kier alpha value is -0.385. The van der Waals surface area contributed by atoms with Crippen LogP contribution >= 0.6 is 0 Å². The molecule has 0 fully saturated rings. The second-order valence-corrected chi connectivity index (χ2v) is 1.09. The van der Waals surface area contributed by atoms with Gasteiger partial charge in [-0.05, 0) is 6.72 Å². The first kappa shape index (κ1) is 6.61. The molecule has 0 aromatic rings. The van der Waals surface area contributed by atoms with Gasteiger partial charge >= 0.3 is 7.41 Å². The van der Waals surface area contributed by atoms with E-state index in [1.807, 2.05) is 0 Å². The molecule has 39 valence electrons. The Morgan fingerprint density at radius 1 is 1.71 bits per heavy atom. The van der Waals surface area contributed by atoms with Crippen molar-refractivity contribution in [1.82, 2.24) is 0 Å². The fourth-order valence-electron chi connectivity index (χ4n) is 0.134. The van der Waals surface area contributed by atoms with Gasteiger partial charge in [-0.2, -0.15) is 0 Å². The van der Waals surface area contributed by atoms with Gasteiger partial charge in [0.15, 0.2) is 0 Å². The number of hydrogen-bond acceptors (Lipinski definition) is 4. The summed E-state index contributed by atoms with van der Waals surface area (Å²) in [6, 6.07) is 0. The third-order valence-corrected chi connectivity index (χ3v) is 0.281. The van der Waals surface area contributed by atoms with E-state index < -0.39 is 5.81 Å². The Morgan fingerprint density at radius 3 is 2.14 bits per heavy atom. The van der Waals surface area contributed by atoms with Gasteiger partial charge in [0.1, 0.15) is 0 Å². The molecule has 0 unspecified atom stereocenters. The van der Waals surface area contributed by atoms with Crippen LogP contribution in [0.5, 0.6) is 0 Å². The predicted molar refractivity (Wildman–Crippen MR) is 26.7 cm³/mol. The lowest BCUT2D eigenvalue weighted by Gasteiger charge is -2.08. The number of aliphatic hydroxyl groups is 2. The van der Waals surface area contributed by atoms with E-state index in [2.05, 4.69) is 17.4 Å². The van der Waals surface area contributed by atoms with Gasteiger partial charge in [0.05, 0.1) is 0 Å². The lowest BCUT2D eigenvalue weighted by molar-refractivity contribution is -0.0823. The summed E-state index contributed by atoms with van der Waals surface area (Å²) in [6.07, 6.45) is 0. The third-order valence-electron chi connectivity index (χ3n) is 0.281. The van der Waals surface area contributed by atoms with E-state index in [1.165, 1.54) is 0 Å². The standard InChI is InChI=1S/C2H6BN2O2/c1-5-3-2(4,6)7/h6-7H,1,4H2. The van der Waals surface area contributed by atoms with Crippen molar-refractivity contribution in [3.05, 3.63) is 0 Å². The van der Waals surface area contributed by atoms with Gasteiger partial charge in [-0.1, -0.05) is 0 Å². The first-order chi connectivity index (χ1) is 3.06. The van der Waals surface area contributed by atoms with Gasteiger partial charge in [-0.25, -0.2) is 0 Å². The fourth-order valence-corrected chi connectivity index (χ4v) is 0.134. The summed E-state index contributed by atoms with van der Waals surface area (Å²) in [6.45, 7) is 2.94. The van der Waals surface area contributed by atoms with Crippen LogP contribution in [0.15, 0.2) is 4.90 Å². The van der Waals surface area contributed by atoms with Crippen molar-refractivity contribution in [1.29, 1.82) is 0 Å². The molecule has 0 aliphatic rings. The monoisotopic (exact) mass is 101 g/mol. The van der Waals surface area contributed by atoms with E-state index in [1.54, 1.807) is 0 Å². The Balaban J connectivity index is 3.34. The van der Waals surface area contributed by atoms with E-state index in [0.29, 0.717) is 7.41 Å². The molecule has 0 saturated heterocycles. The van der Waals surface area contributed by atoms with Crippen LogP contribution in [0.25, 0.3) is 0 Å². The second kappa shape index (κ2) is 2.06. The molecule has 4 nitrogen and oxygen atoms in total. The van der Waals surface area contributed by atoms with Crippen LogP contribution in [0.1, 0.15) is 0 Å². The number of rotatable bonds is 2. The molecule has 5 heteroatoms. The molecule has 0 aromatic heterocycles. The third kappa shape index (κ3) is 5.61. The van der Waals surface area contributed by atoms with Crippen molar-refractivity contribution < 1.29 is 10.2 Å². The number of nitrogens with two attached hydrogens (primary N) is 1. The smallest absolute Gasteiger partial charge is 0.360 e. The summed E-state index contributed by atoms with van der Waals surface area (Å²) in [7, 11) is 0.715. The van der Waals surface area contributed by atoms with Crippen LogP contribution in [-0.2, 0) is 0 Å². The van der Waals surface area contributed by atoms with Crippen LogP contribution in [0.4, 0.5) is 0 Å². The highest BCUT2D eigenvalue weighted by Crippen LogP contribution is 1.80. The molecule has 0 spiro atoms. The van der Waals surface area contributed by atoms with Crippen LogP contribution in [-0.4, -0.2) is 30.2 Å². The Labute approximate surface area is 41.9 Å². The van der Waals surface area contributed by atoms with Gasteiger partial charge < -0.3 is 15.1 Å². The first-order valence-electron chi connectivity index (χ1n) is 1.60. The SMILES string of the molecule is C=N[B]C(N)(O)O. The maximum Gasteiger partial charge on any atom is 0.368 e. The summed E-state index contributed by atoms with van der Waals surface area (Å²) < 4.78 is 0.